The summed E-state index contributed by atoms with van der Waals surface area (Å²) in [5, 5.41) is 3.62. The van der Waals surface area contributed by atoms with Crippen LogP contribution in [-0.2, 0) is 0 Å². The van der Waals surface area contributed by atoms with Crippen LogP contribution in [0.4, 0.5) is 0 Å². The molecule has 1 N–H and O–H groups in total. The van der Waals surface area contributed by atoms with E-state index in [1.54, 1.807) is 11.3 Å². The number of hydrogen-bond donors (Lipinski definition) is 1. The smallest absolute Gasteiger partial charge is 0.0931 e. The molecule has 1 nitrogen and oxygen atoms in total. The minimum absolute atomic E-state index is 0.584. The average Bonchev–Trinajstić information content (AvgIpc) is 2.63. The van der Waals surface area contributed by atoms with Crippen molar-refractivity contribution in [3.05, 3.63) is 21.3 Å². The Morgan fingerprint density at radius 1 is 1.28 bits per heavy atom. The van der Waals surface area contributed by atoms with E-state index in [9.17, 15) is 0 Å². The maximum atomic E-state index is 6.10. The first-order valence-electron chi connectivity index (χ1n) is 7.15. The van der Waals surface area contributed by atoms with E-state index in [1.807, 2.05) is 0 Å². The Balaban J connectivity index is 2.06. The fourth-order valence-electron chi connectivity index (χ4n) is 2.92. The Hall–Kier alpha value is -0.0500. The van der Waals surface area contributed by atoms with Gasteiger partial charge in [0.15, 0.2) is 0 Å². The van der Waals surface area contributed by atoms with Gasteiger partial charge in [0, 0.05) is 10.9 Å². The monoisotopic (exact) mass is 285 g/mol. The Labute approximate surface area is 120 Å². The second kappa shape index (κ2) is 6.93. The molecule has 0 saturated heterocycles. The van der Waals surface area contributed by atoms with Gasteiger partial charge in [0.25, 0.3) is 0 Å². The number of nitrogens with one attached hydrogen (secondary N) is 1. The van der Waals surface area contributed by atoms with Crippen LogP contribution >= 0.6 is 22.9 Å². The molecule has 102 valence electrons. The second-order valence-corrected chi connectivity index (χ2v) is 7.46. The molecule has 1 saturated carbocycles. The average molecular weight is 286 g/mol. The summed E-state index contributed by atoms with van der Waals surface area (Å²) in [4.78, 5) is 1.50. The van der Waals surface area contributed by atoms with Gasteiger partial charge in [0.05, 0.1) is 4.34 Å². The van der Waals surface area contributed by atoms with Crippen LogP contribution in [0.25, 0.3) is 0 Å². The third-order valence-electron chi connectivity index (χ3n) is 3.91. The van der Waals surface area contributed by atoms with E-state index >= 15 is 0 Å². The highest BCUT2D eigenvalue weighted by Gasteiger charge is 2.26. The van der Waals surface area contributed by atoms with Crippen molar-refractivity contribution in [2.75, 3.05) is 6.54 Å². The lowest BCUT2D eigenvalue weighted by atomic mass is 9.86. The molecule has 2 rings (SSSR count). The largest absolute Gasteiger partial charge is 0.314 e. The number of thiophene rings is 1. The van der Waals surface area contributed by atoms with Crippen molar-refractivity contribution in [2.24, 2.45) is 5.92 Å². The molecular formula is C15H24ClNS. The van der Waals surface area contributed by atoms with Gasteiger partial charge >= 0.3 is 0 Å². The predicted octanol–water partition coefficient (Wildman–Crippen LogP) is 5.06. The fraction of sp³-hybridized carbons (Fsp3) is 0.733. The fourth-order valence-corrected chi connectivity index (χ4v) is 4.21. The molecule has 1 aromatic rings. The van der Waals surface area contributed by atoms with Gasteiger partial charge in [-0.1, -0.05) is 44.7 Å². The maximum absolute atomic E-state index is 6.10. The first-order chi connectivity index (χ1) is 8.66. The minimum Gasteiger partial charge on any atom is -0.314 e. The maximum Gasteiger partial charge on any atom is 0.0931 e. The highest BCUT2D eigenvalue weighted by Crippen LogP contribution is 2.40. The van der Waals surface area contributed by atoms with Crippen molar-refractivity contribution in [3.8, 4) is 0 Å². The van der Waals surface area contributed by atoms with Crippen LogP contribution in [0.3, 0.4) is 0 Å². The van der Waals surface area contributed by atoms with E-state index in [2.05, 4.69) is 31.3 Å². The van der Waals surface area contributed by atoms with E-state index in [4.69, 9.17) is 11.6 Å². The first kappa shape index (κ1) is 14.4. The van der Waals surface area contributed by atoms with Crippen molar-refractivity contribution in [3.63, 3.8) is 0 Å². The summed E-state index contributed by atoms with van der Waals surface area (Å²) < 4.78 is 0.935. The summed E-state index contributed by atoms with van der Waals surface area (Å²) in [5.41, 5.74) is 0. The molecule has 1 heterocycles. The highest BCUT2D eigenvalue weighted by molar-refractivity contribution is 7.16. The van der Waals surface area contributed by atoms with Gasteiger partial charge in [0.2, 0.25) is 0 Å². The molecule has 0 aromatic carbocycles. The molecule has 0 bridgehead atoms. The molecule has 2 unspecified atom stereocenters. The third-order valence-corrected chi connectivity index (χ3v) is 5.27. The molecule has 1 aliphatic carbocycles. The predicted molar refractivity (Wildman–Crippen MR) is 81.8 cm³/mol. The molecular weight excluding hydrogens is 262 g/mol. The zero-order valence-corrected chi connectivity index (χ0v) is 13.0. The molecule has 1 aliphatic rings. The quantitative estimate of drug-likeness (QED) is 0.762. The Bertz CT molecular complexity index is 361. The summed E-state index contributed by atoms with van der Waals surface area (Å²) in [6, 6.07) is 4.88. The van der Waals surface area contributed by atoms with Gasteiger partial charge in [0.1, 0.15) is 0 Å². The van der Waals surface area contributed by atoms with Crippen LogP contribution in [0.1, 0.15) is 56.7 Å². The number of rotatable bonds is 4. The molecule has 1 fully saturated rings. The van der Waals surface area contributed by atoms with Crippen LogP contribution < -0.4 is 5.32 Å². The van der Waals surface area contributed by atoms with Crippen molar-refractivity contribution in [1.29, 1.82) is 0 Å². The lowest BCUT2D eigenvalue weighted by molar-refractivity contribution is 0.366. The lowest BCUT2D eigenvalue weighted by Crippen LogP contribution is -2.31. The molecule has 0 radical (unpaired) electrons. The summed E-state index contributed by atoms with van der Waals surface area (Å²) in [7, 11) is 0. The van der Waals surface area contributed by atoms with Gasteiger partial charge < -0.3 is 5.32 Å². The van der Waals surface area contributed by atoms with E-state index in [1.165, 1.54) is 37.0 Å². The van der Waals surface area contributed by atoms with Gasteiger partial charge in [-0.25, -0.2) is 0 Å². The molecule has 2 atom stereocenters. The molecule has 3 heteroatoms. The summed E-state index contributed by atoms with van der Waals surface area (Å²) in [6.07, 6.45) is 6.85. The summed E-state index contributed by atoms with van der Waals surface area (Å²) in [5.74, 6) is 1.50. The molecule has 0 amide bonds. The summed E-state index contributed by atoms with van der Waals surface area (Å²) in [6.45, 7) is 5.61. The van der Waals surface area contributed by atoms with Crippen molar-refractivity contribution in [2.45, 2.75) is 57.9 Å². The zero-order chi connectivity index (χ0) is 13.0. The van der Waals surface area contributed by atoms with E-state index in [0.29, 0.717) is 6.04 Å². The normalized spacial score (nSPS) is 25.3. The zero-order valence-electron chi connectivity index (χ0n) is 11.4. The van der Waals surface area contributed by atoms with Crippen LogP contribution in [-0.4, -0.2) is 12.6 Å². The molecule has 18 heavy (non-hydrogen) atoms. The van der Waals surface area contributed by atoms with Gasteiger partial charge in [-0.2, -0.15) is 0 Å². The Kier molecular flexibility index (Phi) is 5.53. The second-order valence-electron chi connectivity index (χ2n) is 5.71. The SMILES string of the molecule is CC(C)NCC1CCCCCC1c1ccc(Cl)s1. The molecule has 1 aromatic heterocycles. The first-order valence-corrected chi connectivity index (χ1v) is 8.35. The van der Waals surface area contributed by atoms with Gasteiger partial charge in [-0.05, 0) is 43.4 Å². The summed E-state index contributed by atoms with van der Waals surface area (Å²) >= 11 is 7.88. The molecule has 0 spiro atoms. The van der Waals surface area contributed by atoms with E-state index < -0.39 is 0 Å². The van der Waals surface area contributed by atoms with Crippen LogP contribution in [0.2, 0.25) is 4.34 Å². The van der Waals surface area contributed by atoms with Gasteiger partial charge in [-0.3, -0.25) is 0 Å². The lowest BCUT2D eigenvalue weighted by Gasteiger charge is -2.25. The van der Waals surface area contributed by atoms with E-state index in [0.717, 1.165) is 22.7 Å². The number of hydrogen-bond acceptors (Lipinski definition) is 2. The van der Waals surface area contributed by atoms with Crippen LogP contribution in [0.5, 0.6) is 0 Å². The van der Waals surface area contributed by atoms with Crippen LogP contribution in [0, 0.1) is 5.92 Å². The minimum atomic E-state index is 0.584. The topological polar surface area (TPSA) is 12.0 Å². The van der Waals surface area contributed by atoms with Crippen molar-refractivity contribution >= 4 is 22.9 Å². The Morgan fingerprint density at radius 2 is 2.06 bits per heavy atom. The van der Waals surface area contributed by atoms with Gasteiger partial charge in [-0.15, -0.1) is 11.3 Å². The van der Waals surface area contributed by atoms with Crippen molar-refractivity contribution < 1.29 is 0 Å². The van der Waals surface area contributed by atoms with Crippen molar-refractivity contribution in [1.82, 2.24) is 5.32 Å². The van der Waals surface area contributed by atoms with Crippen LogP contribution in [0.15, 0.2) is 12.1 Å². The van der Waals surface area contributed by atoms with E-state index in [-0.39, 0.29) is 0 Å². The molecule has 0 aliphatic heterocycles. The highest BCUT2D eigenvalue weighted by atomic mass is 35.5. The standard InChI is InChI=1S/C15H24ClNS/c1-11(2)17-10-12-6-4-3-5-7-13(12)14-8-9-15(16)18-14/h8-9,11-13,17H,3-7,10H2,1-2H3. The number of halogens is 1. The third kappa shape index (κ3) is 3.97. The Morgan fingerprint density at radius 3 is 2.72 bits per heavy atom.